The van der Waals surface area contributed by atoms with E-state index in [1.54, 1.807) is 12.1 Å². The highest BCUT2D eigenvalue weighted by Gasteiger charge is 2.21. The first kappa shape index (κ1) is 17.8. The average molecular weight is 348 g/mol. The van der Waals surface area contributed by atoms with Crippen molar-refractivity contribution in [3.8, 4) is 5.75 Å². The normalized spacial score (nSPS) is 11.5. The number of hydrogen-bond donors (Lipinski definition) is 1. The van der Waals surface area contributed by atoms with Crippen LogP contribution in [0.25, 0.3) is 0 Å². The standard InChI is InChI=1S/C18H18ClNO4/c1-12(17(21)20-11-13-6-4-3-5-7-13)24-18(22)15-10-14(19)8-9-16(15)23-2/h3-10,12H,11H2,1-2H3,(H,20,21). The molecule has 0 radical (unpaired) electrons. The molecule has 0 bridgehead atoms. The van der Waals surface area contributed by atoms with E-state index in [0.717, 1.165) is 5.56 Å². The fourth-order valence-corrected chi connectivity index (χ4v) is 2.22. The van der Waals surface area contributed by atoms with Gasteiger partial charge in [-0.3, -0.25) is 4.79 Å². The van der Waals surface area contributed by atoms with Crippen LogP contribution in [-0.4, -0.2) is 25.1 Å². The largest absolute Gasteiger partial charge is 0.496 e. The summed E-state index contributed by atoms with van der Waals surface area (Å²) in [6, 6.07) is 14.1. The van der Waals surface area contributed by atoms with Crippen molar-refractivity contribution in [3.05, 3.63) is 64.7 Å². The second-order valence-corrected chi connectivity index (χ2v) is 5.53. The zero-order valence-corrected chi connectivity index (χ0v) is 14.2. The molecule has 0 aromatic heterocycles. The summed E-state index contributed by atoms with van der Waals surface area (Å²) in [5.41, 5.74) is 1.13. The Kier molecular flexibility index (Phi) is 6.21. The minimum atomic E-state index is -0.940. The highest BCUT2D eigenvalue weighted by molar-refractivity contribution is 6.31. The number of rotatable bonds is 6. The van der Waals surface area contributed by atoms with Crippen molar-refractivity contribution in [3.63, 3.8) is 0 Å². The van der Waals surface area contributed by atoms with Gasteiger partial charge < -0.3 is 14.8 Å². The maximum atomic E-state index is 12.2. The predicted molar refractivity (Wildman–Crippen MR) is 91.2 cm³/mol. The van der Waals surface area contributed by atoms with Crippen LogP contribution >= 0.6 is 11.6 Å². The van der Waals surface area contributed by atoms with Crippen molar-refractivity contribution in [2.75, 3.05) is 7.11 Å². The predicted octanol–water partition coefficient (Wildman–Crippen LogP) is 3.21. The van der Waals surface area contributed by atoms with Crippen LogP contribution in [0.1, 0.15) is 22.8 Å². The number of halogens is 1. The van der Waals surface area contributed by atoms with Crippen molar-refractivity contribution in [1.82, 2.24) is 5.32 Å². The molecule has 6 heteroatoms. The van der Waals surface area contributed by atoms with E-state index >= 15 is 0 Å². The lowest BCUT2D eigenvalue weighted by Crippen LogP contribution is -2.35. The maximum absolute atomic E-state index is 12.2. The Hall–Kier alpha value is -2.53. The van der Waals surface area contributed by atoms with Crippen LogP contribution in [0.4, 0.5) is 0 Å². The number of nitrogens with one attached hydrogen (secondary N) is 1. The van der Waals surface area contributed by atoms with Crippen molar-refractivity contribution in [2.24, 2.45) is 0 Å². The number of ether oxygens (including phenoxy) is 2. The molecule has 1 amide bonds. The van der Waals surface area contributed by atoms with Crippen molar-refractivity contribution >= 4 is 23.5 Å². The number of carbonyl (C=O) groups is 2. The van der Waals surface area contributed by atoms with E-state index in [9.17, 15) is 9.59 Å². The van der Waals surface area contributed by atoms with E-state index in [1.807, 2.05) is 30.3 Å². The lowest BCUT2D eigenvalue weighted by molar-refractivity contribution is -0.129. The fourth-order valence-electron chi connectivity index (χ4n) is 2.05. The van der Waals surface area contributed by atoms with Gasteiger partial charge in [0.25, 0.3) is 5.91 Å². The van der Waals surface area contributed by atoms with E-state index in [0.29, 0.717) is 17.3 Å². The number of methoxy groups -OCH3 is 1. The van der Waals surface area contributed by atoms with Crippen LogP contribution in [0.5, 0.6) is 5.75 Å². The van der Waals surface area contributed by atoms with E-state index < -0.39 is 12.1 Å². The van der Waals surface area contributed by atoms with Gasteiger partial charge in [0.05, 0.1) is 7.11 Å². The number of amides is 1. The number of benzene rings is 2. The quantitative estimate of drug-likeness (QED) is 0.815. The first-order valence-corrected chi connectivity index (χ1v) is 7.75. The molecule has 1 N–H and O–H groups in total. The van der Waals surface area contributed by atoms with Crippen LogP contribution in [0.2, 0.25) is 5.02 Å². The Morgan fingerprint density at radius 3 is 2.54 bits per heavy atom. The molecule has 0 heterocycles. The second-order valence-electron chi connectivity index (χ2n) is 5.10. The molecule has 0 aliphatic heterocycles. The third-order valence-corrected chi connectivity index (χ3v) is 3.58. The molecule has 2 aromatic rings. The molecule has 1 atom stereocenters. The summed E-state index contributed by atoms with van der Waals surface area (Å²) in [4.78, 5) is 24.3. The van der Waals surface area contributed by atoms with Gasteiger partial charge in [0.15, 0.2) is 6.10 Å². The number of hydrogen-bond acceptors (Lipinski definition) is 4. The van der Waals surface area contributed by atoms with Gasteiger partial charge in [-0.25, -0.2) is 4.79 Å². The number of esters is 1. The zero-order valence-electron chi connectivity index (χ0n) is 13.4. The van der Waals surface area contributed by atoms with Gasteiger partial charge >= 0.3 is 5.97 Å². The van der Waals surface area contributed by atoms with Gasteiger partial charge in [-0.15, -0.1) is 0 Å². The molecule has 2 rings (SSSR count). The monoisotopic (exact) mass is 347 g/mol. The Balaban J connectivity index is 1.96. The van der Waals surface area contributed by atoms with Crippen LogP contribution in [0.3, 0.4) is 0 Å². The summed E-state index contributed by atoms with van der Waals surface area (Å²) >= 11 is 5.89. The van der Waals surface area contributed by atoms with Crippen LogP contribution in [0.15, 0.2) is 48.5 Å². The van der Waals surface area contributed by atoms with Crippen molar-refractivity contribution in [2.45, 2.75) is 19.6 Å². The maximum Gasteiger partial charge on any atom is 0.342 e. The molecule has 0 spiro atoms. The lowest BCUT2D eigenvalue weighted by Gasteiger charge is -2.15. The highest BCUT2D eigenvalue weighted by atomic mass is 35.5. The van der Waals surface area contributed by atoms with Crippen molar-refractivity contribution in [1.29, 1.82) is 0 Å². The third kappa shape index (κ3) is 4.73. The molecule has 0 aliphatic rings. The summed E-state index contributed by atoms with van der Waals surface area (Å²) in [5, 5.41) is 3.10. The Morgan fingerprint density at radius 1 is 1.17 bits per heavy atom. The SMILES string of the molecule is COc1ccc(Cl)cc1C(=O)OC(C)C(=O)NCc1ccccc1. The Labute approximate surface area is 145 Å². The van der Waals surface area contributed by atoms with Gasteiger partial charge in [0.2, 0.25) is 0 Å². The van der Waals surface area contributed by atoms with Crippen LogP contribution in [-0.2, 0) is 16.1 Å². The van der Waals surface area contributed by atoms with Crippen LogP contribution < -0.4 is 10.1 Å². The minimum absolute atomic E-state index is 0.174. The van der Waals surface area contributed by atoms with E-state index in [2.05, 4.69) is 5.32 Å². The molecule has 0 saturated carbocycles. The summed E-state index contributed by atoms with van der Waals surface area (Å²) in [6.45, 7) is 1.87. The van der Waals surface area contributed by atoms with E-state index in [4.69, 9.17) is 21.1 Å². The summed E-state index contributed by atoms with van der Waals surface area (Å²) in [7, 11) is 1.44. The molecule has 0 saturated heterocycles. The fraction of sp³-hybridized carbons (Fsp3) is 0.222. The average Bonchev–Trinajstić information content (AvgIpc) is 2.60. The van der Waals surface area contributed by atoms with Crippen LogP contribution in [0, 0.1) is 0 Å². The van der Waals surface area contributed by atoms with Gasteiger partial charge in [-0.1, -0.05) is 41.9 Å². The Bertz CT molecular complexity index is 718. The lowest BCUT2D eigenvalue weighted by atomic mass is 10.2. The molecule has 24 heavy (non-hydrogen) atoms. The summed E-state index contributed by atoms with van der Waals surface area (Å²) in [5.74, 6) is -0.716. The second kappa shape index (κ2) is 8.36. The molecular formula is C18H18ClNO4. The van der Waals surface area contributed by atoms with E-state index in [1.165, 1.54) is 20.1 Å². The molecule has 0 aliphatic carbocycles. The number of carbonyl (C=O) groups excluding carboxylic acids is 2. The summed E-state index contributed by atoms with van der Waals surface area (Å²) < 4.78 is 10.3. The molecule has 2 aromatic carbocycles. The Morgan fingerprint density at radius 2 is 1.88 bits per heavy atom. The molecule has 0 fully saturated rings. The molecule has 5 nitrogen and oxygen atoms in total. The minimum Gasteiger partial charge on any atom is -0.496 e. The third-order valence-electron chi connectivity index (χ3n) is 3.34. The zero-order chi connectivity index (χ0) is 17.5. The van der Waals surface area contributed by atoms with Gasteiger partial charge in [-0.05, 0) is 30.7 Å². The van der Waals surface area contributed by atoms with E-state index in [-0.39, 0.29) is 11.5 Å². The topological polar surface area (TPSA) is 64.6 Å². The first-order chi connectivity index (χ1) is 11.5. The molecule has 126 valence electrons. The molecular weight excluding hydrogens is 330 g/mol. The van der Waals surface area contributed by atoms with Crippen molar-refractivity contribution < 1.29 is 19.1 Å². The molecule has 1 unspecified atom stereocenters. The van der Waals surface area contributed by atoms with Gasteiger partial charge in [0, 0.05) is 11.6 Å². The highest BCUT2D eigenvalue weighted by Crippen LogP contribution is 2.23. The van der Waals surface area contributed by atoms with Gasteiger partial charge in [-0.2, -0.15) is 0 Å². The van der Waals surface area contributed by atoms with Gasteiger partial charge in [0.1, 0.15) is 11.3 Å². The smallest absolute Gasteiger partial charge is 0.342 e. The summed E-state index contributed by atoms with van der Waals surface area (Å²) in [6.07, 6.45) is -0.940. The first-order valence-electron chi connectivity index (χ1n) is 7.37.